The molecule has 0 saturated carbocycles. The molecule has 0 aromatic heterocycles. The summed E-state index contributed by atoms with van der Waals surface area (Å²) >= 11 is 0. The van der Waals surface area contributed by atoms with Gasteiger partial charge in [0.15, 0.2) is 18.4 Å². The van der Waals surface area contributed by atoms with Crippen LogP contribution in [0.25, 0.3) is 0 Å². The van der Waals surface area contributed by atoms with E-state index in [1.54, 1.807) is 0 Å². The molecule has 4 heteroatoms. The molecule has 1 N–H and O–H groups in total. The smallest absolute Gasteiger partial charge is 0.190 e. The highest BCUT2D eigenvalue weighted by molar-refractivity contribution is 4.86. The zero-order valence-corrected chi connectivity index (χ0v) is 7.48. The van der Waals surface area contributed by atoms with Crippen LogP contribution in [-0.4, -0.2) is 29.6 Å². The minimum Gasteiger partial charge on any atom is -0.368 e. The van der Waals surface area contributed by atoms with Gasteiger partial charge in [-0.05, 0) is 13.8 Å². The molecule has 12 heavy (non-hydrogen) atoms. The minimum absolute atomic E-state index is 0.0169. The van der Waals surface area contributed by atoms with Gasteiger partial charge in [0.25, 0.3) is 0 Å². The lowest BCUT2D eigenvalue weighted by atomic mass is 10.1. The third-order valence-electron chi connectivity index (χ3n) is 2.33. The minimum atomic E-state index is -0.754. The molecule has 0 radical (unpaired) electrons. The lowest BCUT2D eigenvalue weighted by molar-refractivity contribution is -0.241. The maximum Gasteiger partial charge on any atom is 0.190 e. The van der Waals surface area contributed by atoms with Crippen LogP contribution in [0.3, 0.4) is 0 Å². The first-order valence-corrected chi connectivity index (χ1v) is 4.19. The fourth-order valence-corrected chi connectivity index (χ4v) is 1.64. The van der Waals surface area contributed by atoms with E-state index in [-0.39, 0.29) is 12.0 Å². The molecule has 0 spiro atoms. The van der Waals surface area contributed by atoms with Gasteiger partial charge >= 0.3 is 0 Å². The molecule has 4 atom stereocenters. The summed E-state index contributed by atoms with van der Waals surface area (Å²) in [5, 5.41) is 9.29. The first-order valence-electron chi connectivity index (χ1n) is 4.19. The Bertz CT molecular complexity index is 191. The van der Waals surface area contributed by atoms with Crippen LogP contribution in [0.5, 0.6) is 0 Å². The highest BCUT2D eigenvalue weighted by atomic mass is 16.8. The molecule has 4 nitrogen and oxygen atoms in total. The van der Waals surface area contributed by atoms with Crippen LogP contribution in [0, 0.1) is 5.92 Å². The van der Waals surface area contributed by atoms with Crippen molar-refractivity contribution in [2.45, 2.75) is 45.2 Å². The predicted octanol–water partition coefficient (Wildman–Crippen LogP) is 0.449. The summed E-state index contributed by atoms with van der Waals surface area (Å²) in [6.45, 7) is 5.57. The van der Waals surface area contributed by atoms with Crippen molar-refractivity contribution >= 4 is 0 Å². The molecule has 0 aliphatic carbocycles. The summed E-state index contributed by atoms with van der Waals surface area (Å²) < 4.78 is 16.1. The SMILES string of the molecule is C[C@@H]1C2OC(C)(C)O[C@@H]2O[C@@H]1O. The first kappa shape index (κ1) is 8.44. The van der Waals surface area contributed by atoms with Crippen molar-refractivity contribution in [1.82, 2.24) is 0 Å². The fourth-order valence-electron chi connectivity index (χ4n) is 1.64. The van der Waals surface area contributed by atoms with Crippen molar-refractivity contribution in [1.29, 1.82) is 0 Å². The van der Waals surface area contributed by atoms with E-state index >= 15 is 0 Å². The number of hydrogen-bond acceptors (Lipinski definition) is 4. The van der Waals surface area contributed by atoms with Crippen LogP contribution in [0.4, 0.5) is 0 Å². The van der Waals surface area contributed by atoms with Gasteiger partial charge in [0, 0.05) is 5.92 Å². The Labute approximate surface area is 71.4 Å². The fraction of sp³-hybridized carbons (Fsp3) is 1.00. The van der Waals surface area contributed by atoms with Crippen molar-refractivity contribution in [2.24, 2.45) is 5.92 Å². The summed E-state index contributed by atoms with van der Waals surface area (Å²) in [6.07, 6.45) is -1.28. The molecule has 0 aromatic rings. The normalized spacial score (nSPS) is 51.0. The maximum absolute atomic E-state index is 9.29. The monoisotopic (exact) mass is 174 g/mol. The van der Waals surface area contributed by atoms with Gasteiger partial charge in [-0.1, -0.05) is 6.92 Å². The molecular weight excluding hydrogens is 160 g/mol. The van der Waals surface area contributed by atoms with E-state index in [0.717, 1.165) is 0 Å². The summed E-state index contributed by atoms with van der Waals surface area (Å²) in [6, 6.07) is 0. The van der Waals surface area contributed by atoms with Crippen LogP contribution < -0.4 is 0 Å². The van der Waals surface area contributed by atoms with Crippen LogP contribution in [0.1, 0.15) is 20.8 Å². The summed E-state index contributed by atoms with van der Waals surface area (Å²) in [4.78, 5) is 0. The predicted molar refractivity (Wildman–Crippen MR) is 40.1 cm³/mol. The van der Waals surface area contributed by atoms with E-state index in [1.165, 1.54) is 0 Å². The van der Waals surface area contributed by atoms with Crippen LogP contribution in [0.2, 0.25) is 0 Å². The summed E-state index contributed by atoms with van der Waals surface area (Å²) in [5.41, 5.74) is 0. The molecule has 0 aromatic carbocycles. The molecule has 2 aliphatic heterocycles. The van der Waals surface area contributed by atoms with Crippen molar-refractivity contribution < 1.29 is 19.3 Å². The van der Waals surface area contributed by atoms with Gasteiger partial charge in [-0.25, -0.2) is 0 Å². The van der Waals surface area contributed by atoms with Gasteiger partial charge in [0.05, 0.1) is 0 Å². The Morgan fingerprint density at radius 3 is 2.50 bits per heavy atom. The highest BCUT2D eigenvalue weighted by Crippen LogP contribution is 2.39. The lowest BCUT2D eigenvalue weighted by Crippen LogP contribution is -2.28. The van der Waals surface area contributed by atoms with E-state index < -0.39 is 18.4 Å². The number of aliphatic hydroxyl groups excluding tert-OH is 1. The Morgan fingerprint density at radius 1 is 1.25 bits per heavy atom. The molecule has 0 bridgehead atoms. The van der Waals surface area contributed by atoms with Gasteiger partial charge in [0.1, 0.15) is 6.10 Å². The lowest BCUT2D eigenvalue weighted by Gasteiger charge is -2.20. The maximum atomic E-state index is 9.29. The quantitative estimate of drug-likeness (QED) is 0.579. The molecule has 70 valence electrons. The molecule has 2 saturated heterocycles. The highest BCUT2D eigenvalue weighted by Gasteiger charge is 2.52. The van der Waals surface area contributed by atoms with Crippen LogP contribution in [-0.2, 0) is 14.2 Å². The topological polar surface area (TPSA) is 47.9 Å². The number of aliphatic hydroxyl groups is 1. The second-order valence-corrected chi connectivity index (χ2v) is 3.85. The summed E-state index contributed by atoms with van der Waals surface area (Å²) in [5.74, 6) is -0.597. The number of rotatable bonds is 0. The standard InChI is InChI=1S/C8H14O4/c1-4-5-7(10-6(4)9)12-8(2,3)11-5/h4-7,9H,1-3H3/t4-,5?,6+,7+/m1/s1. The third-order valence-corrected chi connectivity index (χ3v) is 2.33. The molecular formula is C8H14O4. The van der Waals surface area contributed by atoms with Crippen LogP contribution >= 0.6 is 0 Å². The number of hydrogen-bond donors (Lipinski definition) is 1. The second kappa shape index (κ2) is 2.42. The van der Waals surface area contributed by atoms with E-state index in [4.69, 9.17) is 14.2 Å². The van der Waals surface area contributed by atoms with Crippen LogP contribution in [0.15, 0.2) is 0 Å². The van der Waals surface area contributed by atoms with E-state index in [2.05, 4.69) is 0 Å². The molecule has 2 fully saturated rings. The zero-order valence-electron chi connectivity index (χ0n) is 7.48. The second-order valence-electron chi connectivity index (χ2n) is 3.85. The Kier molecular flexibility index (Phi) is 1.70. The molecule has 1 unspecified atom stereocenters. The van der Waals surface area contributed by atoms with Crippen molar-refractivity contribution in [3.05, 3.63) is 0 Å². The third kappa shape index (κ3) is 1.15. The van der Waals surface area contributed by atoms with E-state index in [0.29, 0.717) is 0 Å². The van der Waals surface area contributed by atoms with E-state index in [1.807, 2.05) is 20.8 Å². The Hall–Kier alpha value is -0.160. The summed E-state index contributed by atoms with van der Waals surface area (Å²) in [7, 11) is 0. The average molecular weight is 174 g/mol. The average Bonchev–Trinajstić information content (AvgIpc) is 2.33. The van der Waals surface area contributed by atoms with Crippen molar-refractivity contribution in [2.75, 3.05) is 0 Å². The van der Waals surface area contributed by atoms with E-state index in [9.17, 15) is 5.11 Å². The Morgan fingerprint density at radius 2 is 1.92 bits per heavy atom. The molecule has 2 rings (SSSR count). The molecule has 2 heterocycles. The van der Waals surface area contributed by atoms with Gasteiger partial charge in [-0.2, -0.15) is 0 Å². The van der Waals surface area contributed by atoms with Gasteiger partial charge in [-0.3, -0.25) is 0 Å². The molecule has 0 amide bonds. The number of ether oxygens (including phenoxy) is 3. The largest absolute Gasteiger partial charge is 0.368 e. The van der Waals surface area contributed by atoms with Crippen molar-refractivity contribution in [3.63, 3.8) is 0 Å². The van der Waals surface area contributed by atoms with Crippen molar-refractivity contribution in [3.8, 4) is 0 Å². The van der Waals surface area contributed by atoms with Gasteiger partial charge < -0.3 is 19.3 Å². The zero-order chi connectivity index (χ0) is 8.93. The molecule has 2 aliphatic rings. The van der Waals surface area contributed by atoms with Gasteiger partial charge in [0.2, 0.25) is 0 Å². The Balaban J connectivity index is 2.11. The number of fused-ring (bicyclic) bond motifs is 1. The first-order chi connectivity index (χ1) is 5.49. The van der Waals surface area contributed by atoms with Gasteiger partial charge in [-0.15, -0.1) is 0 Å².